The van der Waals surface area contributed by atoms with Crippen LogP contribution in [-0.4, -0.2) is 16.7 Å². The summed E-state index contributed by atoms with van der Waals surface area (Å²) < 4.78 is 0. The molecule has 0 aliphatic carbocycles. The second-order valence-corrected chi connectivity index (χ2v) is 1.86. The Labute approximate surface area is 52.4 Å². The minimum absolute atomic E-state index is 0.292. The van der Waals surface area contributed by atoms with E-state index < -0.39 is 0 Å². The molecule has 0 radical (unpaired) electrons. The first-order chi connectivity index (χ1) is 3.80. The van der Waals surface area contributed by atoms with E-state index in [1.165, 1.54) is 5.01 Å². The van der Waals surface area contributed by atoms with E-state index in [1.54, 1.807) is 18.6 Å². The van der Waals surface area contributed by atoms with Gasteiger partial charge in [0.05, 0.1) is 0 Å². The molecule has 0 saturated heterocycles. The van der Waals surface area contributed by atoms with Crippen LogP contribution in [0.4, 0.5) is 0 Å². The summed E-state index contributed by atoms with van der Waals surface area (Å²) in [6.07, 6.45) is 4.75. The Balaban J connectivity index is 2.59. The van der Waals surface area contributed by atoms with E-state index in [0.717, 1.165) is 0 Å². The van der Waals surface area contributed by atoms with E-state index in [4.69, 9.17) is 17.4 Å². The summed E-state index contributed by atoms with van der Waals surface area (Å²) in [5, 5.41) is 1.37. The van der Waals surface area contributed by atoms with Gasteiger partial charge in [0.15, 0.2) is 5.50 Å². The Bertz CT molecular complexity index is 115. The van der Waals surface area contributed by atoms with Crippen LogP contribution in [0.5, 0.6) is 0 Å². The maximum Gasteiger partial charge on any atom is 0.153 e. The van der Waals surface area contributed by atoms with Crippen LogP contribution in [0.3, 0.4) is 0 Å². The van der Waals surface area contributed by atoms with Crippen molar-refractivity contribution in [3.63, 3.8) is 0 Å². The summed E-state index contributed by atoms with van der Waals surface area (Å²) in [4.78, 5) is 3.75. The predicted octanol–water partition coefficient (Wildman–Crippen LogP) is 0.283. The summed E-state index contributed by atoms with van der Waals surface area (Å²) in [7, 11) is 0. The van der Waals surface area contributed by atoms with Gasteiger partial charge in [0.2, 0.25) is 0 Å². The number of alkyl halides is 1. The smallest absolute Gasteiger partial charge is 0.153 e. The number of nitrogens with zero attached hydrogens (tertiary/aromatic N) is 2. The fraction of sp³-hybridized carbons (Fsp3) is 0.250. The largest absolute Gasteiger partial charge is 0.293 e. The molecule has 0 aromatic heterocycles. The number of hydrogen-bond donors (Lipinski definition) is 1. The highest BCUT2D eigenvalue weighted by Gasteiger charge is 2.05. The van der Waals surface area contributed by atoms with Crippen LogP contribution in [-0.2, 0) is 0 Å². The minimum atomic E-state index is -0.292. The number of aliphatic imine (C=N–C) groups is 1. The summed E-state index contributed by atoms with van der Waals surface area (Å²) in [5.41, 5.74) is -0.292. The molecular formula is C4H6ClN3. The zero-order valence-corrected chi connectivity index (χ0v) is 4.92. The molecule has 0 aromatic carbocycles. The molecule has 0 bridgehead atoms. The van der Waals surface area contributed by atoms with Crippen LogP contribution in [0.1, 0.15) is 0 Å². The van der Waals surface area contributed by atoms with Gasteiger partial charge in [-0.3, -0.25) is 10.0 Å². The molecule has 1 heterocycles. The van der Waals surface area contributed by atoms with E-state index in [9.17, 15) is 0 Å². The van der Waals surface area contributed by atoms with Gasteiger partial charge in [-0.05, 0) is 0 Å². The summed E-state index contributed by atoms with van der Waals surface area (Å²) in [6.45, 7) is 0. The SMILES string of the molecule is NN1C=CN=CC1Cl. The second-order valence-electron chi connectivity index (χ2n) is 1.42. The molecule has 4 heteroatoms. The van der Waals surface area contributed by atoms with Gasteiger partial charge < -0.3 is 0 Å². The lowest BCUT2D eigenvalue weighted by Crippen LogP contribution is -2.34. The van der Waals surface area contributed by atoms with Crippen molar-refractivity contribution in [1.82, 2.24) is 5.01 Å². The molecule has 8 heavy (non-hydrogen) atoms. The fourth-order valence-corrected chi connectivity index (χ4v) is 0.526. The third-order valence-electron chi connectivity index (χ3n) is 0.819. The molecule has 0 amide bonds. The maximum absolute atomic E-state index is 5.57. The van der Waals surface area contributed by atoms with Gasteiger partial charge in [0.1, 0.15) is 0 Å². The summed E-state index contributed by atoms with van der Waals surface area (Å²) in [6, 6.07) is 0. The van der Waals surface area contributed by atoms with Gasteiger partial charge in [-0.15, -0.1) is 0 Å². The highest BCUT2D eigenvalue weighted by Crippen LogP contribution is 2.00. The normalized spacial score (nSPS) is 26.8. The average Bonchev–Trinajstić information content (AvgIpc) is 1.77. The first kappa shape index (κ1) is 5.59. The number of hydrogen-bond acceptors (Lipinski definition) is 3. The topological polar surface area (TPSA) is 41.6 Å². The molecule has 44 valence electrons. The molecule has 1 unspecified atom stereocenters. The van der Waals surface area contributed by atoms with Crippen molar-refractivity contribution >= 4 is 17.8 Å². The predicted molar refractivity (Wildman–Crippen MR) is 33.3 cm³/mol. The van der Waals surface area contributed by atoms with Crippen molar-refractivity contribution in [2.75, 3.05) is 0 Å². The van der Waals surface area contributed by atoms with Crippen LogP contribution in [0.25, 0.3) is 0 Å². The van der Waals surface area contributed by atoms with Crippen LogP contribution >= 0.6 is 11.6 Å². The molecular weight excluding hydrogens is 126 g/mol. The molecule has 1 aliphatic heterocycles. The standard InChI is InChI=1S/C4H6ClN3/c5-4-3-7-1-2-8(4)6/h1-4H,6H2. The Morgan fingerprint density at radius 2 is 2.50 bits per heavy atom. The van der Waals surface area contributed by atoms with Crippen molar-refractivity contribution in [2.45, 2.75) is 5.50 Å². The van der Waals surface area contributed by atoms with Crippen molar-refractivity contribution < 1.29 is 0 Å². The zero-order valence-electron chi connectivity index (χ0n) is 4.16. The van der Waals surface area contributed by atoms with Gasteiger partial charge in [-0.1, -0.05) is 11.6 Å². The van der Waals surface area contributed by atoms with Gasteiger partial charge >= 0.3 is 0 Å². The monoisotopic (exact) mass is 131 g/mol. The van der Waals surface area contributed by atoms with Crippen molar-refractivity contribution in [3.05, 3.63) is 12.4 Å². The molecule has 0 spiro atoms. The Morgan fingerprint density at radius 3 is 2.88 bits per heavy atom. The highest BCUT2D eigenvalue weighted by molar-refractivity contribution is 6.27. The Hall–Kier alpha value is -0.540. The third kappa shape index (κ3) is 0.993. The quantitative estimate of drug-likeness (QED) is 0.292. The van der Waals surface area contributed by atoms with Crippen LogP contribution in [0.15, 0.2) is 17.4 Å². The second kappa shape index (κ2) is 2.15. The minimum Gasteiger partial charge on any atom is -0.293 e. The molecule has 2 N–H and O–H groups in total. The highest BCUT2D eigenvalue weighted by atomic mass is 35.5. The van der Waals surface area contributed by atoms with Gasteiger partial charge in [-0.25, -0.2) is 5.84 Å². The van der Waals surface area contributed by atoms with E-state index in [0.29, 0.717) is 0 Å². The third-order valence-corrected chi connectivity index (χ3v) is 1.16. The fourth-order valence-electron chi connectivity index (χ4n) is 0.395. The van der Waals surface area contributed by atoms with Crippen molar-refractivity contribution in [2.24, 2.45) is 10.8 Å². The lowest BCUT2D eigenvalue weighted by molar-refractivity contribution is 0.418. The average molecular weight is 132 g/mol. The molecule has 1 atom stereocenters. The molecule has 0 saturated carbocycles. The van der Waals surface area contributed by atoms with Crippen LogP contribution < -0.4 is 5.84 Å². The lowest BCUT2D eigenvalue weighted by atomic mass is 10.6. The summed E-state index contributed by atoms with van der Waals surface area (Å²) in [5.74, 6) is 5.30. The first-order valence-corrected chi connectivity index (χ1v) is 2.61. The summed E-state index contributed by atoms with van der Waals surface area (Å²) >= 11 is 5.57. The van der Waals surface area contributed by atoms with Gasteiger partial charge in [-0.2, -0.15) is 0 Å². The van der Waals surface area contributed by atoms with Crippen LogP contribution in [0.2, 0.25) is 0 Å². The number of nitrogens with two attached hydrogens (primary N) is 1. The first-order valence-electron chi connectivity index (χ1n) is 2.18. The number of halogens is 1. The van der Waals surface area contributed by atoms with E-state index in [1.807, 2.05) is 0 Å². The van der Waals surface area contributed by atoms with E-state index in [-0.39, 0.29) is 5.50 Å². The van der Waals surface area contributed by atoms with Gasteiger partial charge in [0, 0.05) is 18.6 Å². The van der Waals surface area contributed by atoms with E-state index >= 15 is 0 Å². The molecule has 0 aromatic rings. The molecule has 3 nitrogen and oxygen atoms in total. The molecule has 1 aliphatic rings. The van der Waals surface area contributed by atoms with Gasteiger partial charge in [0.25, 0.3) is 0 Å². The lowest BCUT2D eigenvalue weighted by Gasteiger charge is -2.17. The van der Waals surface area contributed by atoms with Crippen molar-refractivity contribution in [3.8, 4) is 0 Å². The zero-order chi connectivity index (χ0) is 5.98. The number of rotatable bonds is 0. The van der Waals surface area contributed by atoms with Crippen molar-refractivity contribution in [1.29, 1.82) is 0 Å². The molecule has 0 fully saturated rings. The molecule has 1 rings (SSSR count). The van der Waals surface area contributed by atoms with Crippen LogP contribution in [0, 0.1) is 0 Å². The number of hydrazine groups is 1. The maximum atomic E-state index is 5.57. The Morgan fingerprint density at radius 1 is 1.75 bits per heavy atom. The Kier molecular flexibility index (Phi) is 1.50. The van der Waals surface area contributed by atoms with E-state index in [2.05, 4.69) is 4.99 Å².